The third-order valence-electron chi connectivity index (χ3n) is 1.62. The summed E-state index contributed by atoms with van der Waals surface area (Å²) in [4.78, 5) is 0. The molecule has 1 aliphatic rings. The van der Waals surface area contributed by atoms with Gasteiger partial charge in [-0.25, -0.2) is 0 Å². The highest BCUT2D eigenvalue weighted by Gasteiger charge is 2.32. The molecule has 1 fully saturated rings. The summed E-state index contributed by atoms with van der Waals surface area (Å²) in [7, 11) is 0. The average molecular weight is 116 g/mol. The fourth-order valence-corrected chi connectivity index (χ4v) is 0.865. The van der Waals surface area contributed by atoms with E-state index < -0.39 is 0 Å². The van der Waals surface area contributed by atoms with E-state index in [1.165, 1.54) is 0 Å². The molecule has 0 amide bonds. The summed E-state index contributed by atoms with van der Waals surface area (Å²) in [6.45, 7) is 4.08. The van der Waals surface area contributed by atoms with Crippen molar-refractivity contribution in [2.45, 2.75) is 13.3 Å². The molecule has 1 N–H and O–H groups in total. The van der Waals surface area contributed by atoms with Gasteiger partial charge in [-0.3, -0.25) is 0 Å². The standard InChI is InChI=1S/C6H12O2/c1-6(2-3-7)4-8-5-6/h7H,2-5H2,1H3. The lowest BCUT2D eigenvalue weighted by Crippen LogP contribution is -2.40. The van der Waals surface area contributed by atoms with Crippen LogP contribution in [0.5, 0.6) is 0 Å². The molecule has 1 saturated heterocycles. The Kier molecular flexibility index (Phi) is 1.54. The van der Waals surface area contributed by atoms with Crippen LogP contribution in [0, 0.1) is 5.41 Å². The normalized spacial score (nSPS) is 24.8. The fraction of sp³-hybridized carbons (Fsp3) is 1.00. The zero-order chi connectivity index (χ0) is 6.04. The smallest absolute Gasteiger partial charge is 0.0542 e. The molecule has 8 heavy (non-hydrogen) atoms. The SMILES string of the molecule is CC1(CCO)COC1. The van der Waals surface area contributed by atoms with Crippen LogP contribution in [-0.2, 0) is 4.74 Å². The molecule has 2 nitrogen and oxygen atoms in total. The lowest BCUT2D eigenvalue weighted by atomic mass is 9.85. The molecule has 1 aliphatic heterocycles. The number of ether oxygens (including phenoxy) is 1. The Morgan fingerprint density at radius 1 is 1.62 bits per heavy atom. The molecule has 2 heteroatoms. The molecule has 0 radical (unpaired) electrons. The summed E-state index contributed by atoms with van der Waals surface area (Å²) in [5, 5.41) is 8.51. The van der Waals surface area contributed by atoms with Gasteiger partial charge in [0.05, 0.1) is 13.2 Å². The van der Waals surface area contributed by atoms with Crippen molar-refractivity contribution in [2.75, 3.05) is 19.8 Å². The van der Waals surface area contributed by atoms with E-state index >= 15 is 0 Å². The first kappa shape index (κ1) is 6.05. The summed E-state index contributed by atoms with van der Waals surface area (Å²) in [6.07, 6.45) is 0.882. The lowest BCUT2D eigenvalue weighted by Gasteiger charge is -2.37. The van der Waals surface area contributed by atoms with Gasteiger partial charge in [-0.1, -0.05) is 6.92 Å². The van der Waals surface area contributed by atoms with E-state index in [0.717, 1.165) is 19.6 Å². The molecule has 1 heterocycles. The lowest BCUT2D eigenvalue weighted by molar-refractivity contribution is -0.111. The average Bonchev–Trinajstić information content (AvgIpc) is 1.64. The van der Waals surface area contributed by atoms with Crippen molar-refractivity contribution in [3.8, 4) is 0 Å². The van der Waals surface area contributed by atoms with Gasteiger partial charge in [0.2, 0.25) is 0 Å². The first-order chi connectivity index (χ1) is 3.77. The van der Waals surface area contributed by atoms with Crippen molar-refractivity contribution in [2.24, 2.45) is 5.41 Å². The summed E-state index contributed by atoms with van der Waals surface area (Å²) < 4.78 is 4.98. The Morgan fingerprint density at radius 3 is 2.38 bits per heavy atom. The second-order valence-electron chi connectivity index (χ2n) is 2.78. The second kappa shape index (κ2) is 2.03. The van der Waals surface area contributed by atoms with E-state index in [1.807, 2.05) is 0 Å². The first-order valence-electron chi connectivity index (χ1n) is 2.95. The minimum Gasteiger partial charge on any atom is -0.396 e. The molecule has 0 spiro atoms. The Hall–Kier alpha value is -0.0800. The second-order valence-corrected chi connectivity index (χ2v) is 2.78. The third kappa shape index (κ3) is 1.01. The monoisotopic (exact) mass is 116 g/mol. The third-order valence-corrected chi connectivity index (χ3v) is 1.62. The quantitative estimate of drug-likeness (QED) is 0.566. The van der Waals surface area contributed by atoms with Crippen LogP contribution < -0.4 is 0 Å². The molecule has 0 saturated carbocycles. The van der Waals surface area contributed by atoms with Gasteiger partial charge in [-0.2, -0.15) is 0 Å². The van der Waals surface area contributed by atoms with Crippen LogP contribution in [-0.4, -0.2) is 24.9 Å². The predicted octanol–water partition coefficient (Wildman–Crippen LogP) is 0.405. The largest absolute Gasteiger partial charge is 0.396 e. The summed E-state index contributed by atoms with van der Waals surface area (Å²) >= 11 is 0. The van der Waals surface area contributed by atoms with E-state index in [9.17, 15) is 0 Å². The Bertz CT molecular complexity index is 76.6. The molecular formula is C6H12O2. The molecule has 0 aliphatic carbocycles. The molecule has 0 aromatic heterocycles. The Balaban J connectivity index is 2.20. The summed E-state index contributed by atoms with van der Waals surface area (Å²) in [6, 6.07) is 0. The molecule has 48 valence electrons. The van der Waals surface area contributed by atoms with E-state index in [2.05, 4.69) is 6.92 Å². The van der Waals surface area contributed by atoms with Crippen LogP contribution in [0.3, 0.4) is 0 Å². The van der Waals surface area contributed by atoms with Crippen molar-refractivity contribution in [1.29, 1.82) is 0 Å². The van der Waals surface area contributed by atoms with Crippen molar-refractivity contribution in [3.63, 3.8) is 0 Å². The fourth-order valence-electron chi connectivity index (χ4n) is 0.865. The highest BCUT2D eigenvalue weighted by Crippen LogP contribution is 2.29. The topological polar surface area (TPSA) is 29.5 Å². The number of rotatable bonds is 2. The molecule has 0 bridgehead atoms. The van der Waals surface area contributed by atoms with Crippen molar-refractivity contribution in [3.05, 3.63) is 0 Å². The Morgan fingerprint density at radius 2 is 2.25 bits per heavy atom. The van der Waals surface area contributed by atoms with E-state index in [0.29, 0.717) is 12.0 Å². The van der Waals surface area contributed by atoms with Gasteiger partial charge in [0.25, 0.3) is 0 Å². The van der Waals surface area contributed by atoms with Crippen LogP contribution in [0.25, 0.3) is 0 Å². The van der Waals surface area contributed by atoms with E-state index in [1.54, 1.807) is 0 Å². The summed E-state index contributed by atoms with van der Waals surface area (Å²) in [5.41, 5.74) is 0.300. The van der Waals surface area contributed by atoms with Gasteiger partial charge in [-0.15, -0.1) is 0 Å². The number of aliphatic hydroxyl groups excluding tert-OH is 1. The van der Waals surface area contributed by atoms with Gasteiger partial charge in [0.15, 0.2) is 0 Å². The molecule has 0 atom stereocenters. The van der Waals surface area contributed by atoms with E-state index in [-0.39, 0.29) is 0 Å². The number of hydrogen-bond acceptors (Lipinski definition) is 2. The molecule has 1 rings (SSSR count). The van der Waals surface area contributed by atoms with Crippen LogP contribution in [0.2, 0.25) is 0 Å². The maximum Gasteiger partial charge on any atom is 0.0542 e. The van der Waals surface area contributed by atoms with Crippen LogP contribution in [0.15, 0.2) is 0 Å². The zero-order valence-corrected chi connectivity index (χ0v) is 5.18. The van der Waals surface area contributed by atoms with E-state index in [4.69, 9.17) is 9.84 Å². The zero-order valence-electron chi connectivity index (χ0n) is 5.18. The Labute approximate surface area is 49.5 Å². The van der Waals surface area contributed by atoms with Crippen molar-refractivity contribution < 1.29 is 9.84 Å². The minimum atomic E-state index is 0.292. The molecule has 0 unspecified atom stereocenters. The van der Waals surface area contributed by atoms with Crippen LogP contribution >= 0.6 is 0 Å². The maximum atomic E-state index is 8.51. The van der Waals surface area contributed by atoms with Gasteiger partial charge < -0.3 is 9.84 Å². The molecular weight excluding hydrogens is 104 g/mol. The highest BCUT2D eigenvalue weighted by molar-refractivity contribution is 4.79. The number of aliphatic hydroxyl groups is 1. The van der Waals surface area contributed by atoms with Gasteiger partial charge in [0.1, 0.15) is 0 Å². The van der Waals surface area contributed by atoms with Crippen LogP contribution in [0.4, 0.5) is 0 Å². The van der Waals surface area contributed by atoms with Gasteiger partial charge in [0, 0.05) is 12.0 Å². The maximum absolute atomic E-state index is 8.51. The molecule has 0 aromatic rings. The number of hydrogen-bond donors (Lipinski definition) is 1. The highest BCUT2D eigenvalue weighted by atomic mass is 16.5. The summed E-state index contributed by atoms with van der Waals surface area (Å²) in [5.74, 6) is 0. The van der Waals surface area contributed by atoms with Crippen molar-refractivity contribution >= 4 is 0 Å². The van der Waals surface area contributed by atoms with Gasteiger partial charge >= 0.3 is 0 Å². The molecule has 0 aromatic carbocycles. The van der Waals surface area contributed by atoms with Crippen molar-refractivity contribution in [1.82, 2.24) is 0 Å². The first-order valence-corrected chi connectivity index (χ1v) is 2.95. The minimum absolute atomic E-state index is 0.292. The van der Waals surface area contributed by atoms with Crippen LogP contribution in [0.1, 0.15) is 13.3 Å². The van der Waals surface area contributed by atoms with Gasteiger partial charge in [-0.05, 0) is 6.42 Å². The predicted molar refractivity (Wildman–Crippen MR) is 30.6 cm³/mol.